The number of nitrogens with one attached hydrogen (secondary N) is 2. The molecular weight excluding hydrogens is 618 g/mol. The number of benzene rings is 2. The molecule has 3 aliphatic rings. The zero-order chi connectivity index (χ0) is 29.4. The summed E-state index contributed by atoms with van der Waals surface area (Å²) in [7, 11) is 0. The van der Waals surface area contributed by atoms with Crippen LogP contribution in [-0.4, -0.2) is 53.6 Å². The normalized spacial score (nSPS) is 20.1. The van der Waals surface area contributed by atoms with Crippen LogP contribution in [0.5, 0.6) is 5.75 Å². The third-order valence-corrected chi connectivity index (χ3v) is 9.35. The van der Waals surface area contributed by atoms with Crippen LogP contribution in [0.3, 0.4) is 0 Å². The number of rotatable bonds is 10. The van der Waals surface area contributed by atoms with Crippen molar-refractivity contribution in [3.63, 3.8) is 0 Å². The SMILES string of the molecule is Cc1cc(Cl)c(OCCCc2coc(C3=C(C(=O)N(Cc4cccc(Cl)c4Cl)C4CC4)[C@H]4CNCC(C3)N4)n2)c(Cl)c1. The predicted molar refractivity (Wildman–Crippen MR) is 167 cm³/mol. The number of nitrogens with zero attached hydrogens (tertiary/aromatic N) is 2. The average Bonchev–Trinajstić information content (AvgIpc) is 3.69. The molecule has 222 valence electrons. The van der Waals surface area contributed by atoms with E-state index in [1.54, 1.807) is 12.3 Å². The van der Waals surface area contributed by atoms with Gasteiger partial charge in [0.15, 0.2) is 5.75 Å². The lowest BCUT2D eigenvalue weighted by Crippen LogP contribution is -2.60. The number of carbonyl (C=O) groups excluding carboxylic acids is 1. The van der Waals surface area contributed by atoms with E-state index in [0.717, 1.165) is 41.8 Å². The van der Waals surface area contributed by atoms with Crippen molar-refractivity contribution >= 4 is 57.9 Å². The minimum Gasteiger partial charge on any atom is -0.490 e. The molecule has 3 aromatic rings. The number of oxazole rings is 1. The summed E-state index contributed by atoms with van der Waals surface area (Å²) in [6.07, 6.45) is 5.61. The van der Waals surface area contributed by atoms with Gasteiger partial charge in [0.1, 0.15) is 6.26 Å². The second kappa shape index (κ2) is 12.8. The molecule has 7 nitrogen and oxygen atoms in total. The summed E-state index contributed by atoms with van der Waals surface area (Å²) in [6, 6.07) is 9.44. The number of amides is 1. The van der Waals surface area contributed by atoms with Crippen molar-refractivity contribution in [1.82, 2.24) is 20.5 Å². The predicted octanol–water partition coefficient (Wildman–Crippen LogP) is 6.89. The van der Waals surface area contributed by atoms with E-state index in [9.17, 15) is 4.79 Å². The van der Waals surface area contributed by atoms with Gasteiger partial charge in [-0.2, -0.15) is 0 Å². The van der Waals surface area contributed by atoms with Crippen LogP contribution in [0.25, 0.3) is 5.57 Å². The minimum atomic E-state index is -0.135. The molecule has 3 heterocycles. The number of fused-ring (bicyclic) bond motifs is 2. The van der Waals surface area contributed by atoms with Crippen LogP contribution >= 0.6 is 46.4 Å². The van der Waals surface area contributed by atoms with Crippen molar-refractivity contribution in [3.8, 4) is 5.75 Å². The largest absolute Gasteiger partial charge is 0.490 e. The maximum atomic E-state index is 14.3. The summed E-state index contributed by atoms with van der Waals surface area (Å²) in [5.74, 6) is 0.990. The molecule has 2 bridgehead atoms. The fourth-order valence-electron chi connectivity index (χ4n) is 5.74. The molecule has 6 rings (SSSR count). The molecule has 2 N–H and O–H groups in total. The van der Waals surface area contributed by atoms with Crippen LogP contribution in [0, 0.1) is 6.92 Å². The summed E-state index contributed by atoms with van der Waals surface area (Å²) >= 11 is 25.4. The first-order chi connectivity index (χ1) is 20.3. The summed E-state index contributed by atoms with van der Waals surface area (Å²) in [4.78, 5) is 21.1. The number of aryl methyl sites for hydroxylation is 2. The summed E-state index contributed by atoms with van der Waals surface area (Å²) in [5, 5.41) is 9.07. The quantitative estimate of drug-likeness (QED) is 0.233. The van der Waals surface area contributed by atoms with Crippen LogP contribution in [0.1, 0.15) is 48.4 Å². The van der Waals surface area contributed by atoms with Crippen LogP contribution in [0.2, 0.25) is 20.1 Å². The zero-order valence-electron chi connectivity index (χ0n) is 23.2. The number of hydrogen-bond acceptors (Lipinski definition) is 6. The Balaban J connectivity index is 1.21. The number of piperazine rings is 1. The Morgan fingerprint density at radius 2 is 1.90 bits per heavy atom. The number of aromatic nitrogens is 1. The van der Waals surface area contributed by atoms with Crippen molar-refractivity contribution in [2.24, 2.45) is 0 Å². The van der Waals surface area contributed by atoms with Crippen molar-refractivity contribution < 1.29 is 13.9 Å². The molecule has 2 aromatic carbocycles. The van der Waals surface area contributed by atoms with Gasteiger partial charge in [0.05, 0.1) is 38.4 Å². The summed E-state index contributed by atoms with van der Waals surface area (Å²) in [5.41, 5.74) is 4.21. The zero-order valence-corrected chi connectivity index (χ0v) is 26.2. The van der Waals surface area contributed by atoms with Gasteiger partial charge >= 0.3 is 0 Å². The Kier molecular flexibility index (Phi) is 9.06. The lowest BCUT2D eigenvalue weighted by Gasteiger charge is -2.40. The van der Waals surface area contributed by atoms with Gasteiger partial charge in [-0.15, -0.1) is 0 Å². The van der Waals surface area contributed by atoms with Crippen molar-refractivity contribution in [3.05, 3.63) is 85.0 Å². The average molecular weight is 650 g/mol. The van der Waals surface area contributed by atoms with Gasteiger partial charge in [-0.1, -0.05) is 58.5 Å². The molecule has 1 amide bonds. The van der Waals surface area contributed by atoms with Gasteiger partial charge in [0.25, 0.3) is 5.91 Å². The number of carbonyl (C=O) groups is 1. The molecule has 0 radical (unpaired) electrons. The van der Waals surface area contributed by atoms with Gasteiger partial charge in [-0.05, 0) is 68.4 Å². The second-order valence-corrected chi connectivity index (χ2v) is 12.8. The monoisotopic (exact) mass is 648 g/mol. The fourth-order valence-corrected chi connectivity index (χ4v) is 6.83. The number of hydrogen-bond donors (Lipinski definition) is 2. The molecule has 1 unspecified atom stereocenters. The molecule has 1 saturated heterocycles. The molecule has 11 heteroatoms. The van der Waals surface area contributed by atoms with Gasteiger partial charge in [-0.25, -0.2) is 4.98 Å². The van der Waals surface area contributed by atoms with E-state index in [0.29, 0.717) is 76.3 Å². The lowest BCUT2D eigenvalue weighted by atomic mass is 9.86. The molecule has 1 aliphatic carbocycles. The Hall–Kier alpha value is -2.26. The van der Waals surface area contributed by atoms with E-state index in [4.69, 9.17) is 60.5 Å². The Morgan fingerprint density at radius 3 is 2.67 bits per heavy atom. The maximum absolute atomic E-state index is 14.3. The highest BCUT2D eigenvalue weighted by Crippen LogP contribution is 2.38. The van der Waals surface area contributed by atoms with Gasteiger partial charge < -0.3 is 24.7 Å². The number of ether oxygens (including phenoxy) is 1. The highest BCUT2D eigenvalue weighted by Gasteiger charge is 2.42. The van der Waals surface area contributed by atoms with E-state index < -0.39 is 0 Å². The molecular formula is C31H32Cl4N4O3. The topological polar surface area (TPSA) is 79.6 Å². The molecule has 2 aliphatic heterocycles. The fraction of sp³-hybridized carbons (Fsp3) is 0.419. The highest BCUT2D eigenvalue weighted by molar-refractivity contribution is 6.42. The van der Waals surface area contributed by atoms with E-state index in [1.807, 2.05) is 36.1 Å². The number of halogens is 4. The third-order valence-electron chi connectivity index (χ3n) is 7.93. The van der Waals surface area contributed by atoms with Crippen molar-refractivity contribution in [1.29, 1.82) is 0 Å². The Morgan fingerprint density at radius 1 is 1.12 bits per heavy atom. The van der Waals surface area contributed by atoms with Gasteiger partial charge in [-0.3, -0.25) is 4.79 Å². The second-order valence-electron chi connectivity index (χ2n) is 11.2. The van der Waals surface area contributed by atoms with Crippen molar-refractivity contribution in [2.45, 2.75) is 63.7 Å². The van der Waals surface area contributed by atoms with Crippen LogP contribution < -0.4 is 15.4 Å². The van der Waals surface area contributed by atoms with Crippen molar-refractivity contribution in [2.75, 3.05) is 19.7 Å². The van der Waals surface area contributed by atoms with Crippen LogP contribution in [-0.2, 0) is 17.8 Å². The van der Waals surface area contributed by atoms with E-state index in [1.165, 1.54) is 0 Å². The molecule has 42 heavy (non-hydrogen) atoms. The van der Waals surface area contributed by atoms with E-state index in [-0.39, 0.29) is 24.0 Å². The first kappa shape index (κ1) is 29.8. The molecule has 2 atom stereocenters. The smallest absolute Gasteiger partial charge is 0.252 e. The van der Waals surface area contributed by atoms with E-state index in [2.05, 4.69) is 10.6 Å². The Bertz CT molecular complexity index is 1500. The standard InChI is InChI=1S/C31H32Cl4N4O3/c1-17-10-24(33)29(25(34)11-17)41-9-3-5-19-16-42-30(38-19)22-12-20-13-36-14-26(37-20)27(22)31(40)39(21-7-8-21)15-18-4-2-6-23(32)28(18)35/h2,4,6,10-11,16,20-21,26,36-37H,3,5,7-9,12-15H2,1H3/t20?,26-/m1/s1. The third kappa shape index (κ3) is 6.47. The summed E-state index contributed by atoms with van der Waals surface area (Å²) < 4.78 is 11.9. The van der Waals surface area contributed by atoms with Gasteiger partial charge in [0, 0.05) is 42.9 Å². The Labute approximate surface area is 265 Å². The first-order valence-corrected chi connectivity index (χ1v) is 15.8. The molecule has 1 aromatic heterocycles. The van der Waals surface area contributed by atoms with Crippen LogP contribution in [0.15, 0.2) is 46.6 Å². The molecule has 1 saturated carbocycles. The molecule has 0 spiro atoms. The minimum absolute atomic E-state index is 0.0109. The summed E-state index contributed by atoms with van der Waals surface area (Å²) in [6.45, 7) is 4.24. The van der Waals surface area contributed by atoms with E-state index >= 15 is 0 Å². The first-order valence-electron chi connectivity index (χ1n) is 14.3. The van der Waals surface area contributed by atoms with Crippen LogP contribution in [0.4, 0.5) is 0 Å². The molecule has 2 fully saturated rings. The lowest BCUT2D eigenvalue weighted by molar-refractivity contribution is -0.128. The highest BCUT2D eigenvalue weighted by atomic mass is 35.5. The van der Waals surface area contributed by atoms with Gasteiger partial charge in [0.2, 0.25) is 5.89 Å². The maximum Gasteiger partial charge on any atom is 0.252 e.